The van der Waals surface area contributed by atoms with Gasteiger partial charge in [0.1, 0.15) is 0 Å². The lowest BCUT2D eigenvalue weighted by atomic mass is 10.0. The van der Waals surface area contributed by atoms with Gasteiger partial charge in [0.15, 0.2) is 0 Å². The van der Waals surface area contributed by atoms with E-state index in [1.54, 1.807) is 0 Å². The van der Waals surface area contributed by atoms with Crippen LogP contribution in [0.5, 0.6) is 0 Å². The number of benzene rings is 1. The monoisotopic (exact) mass is 361 g/mol. The fourth-order valence-electron chi connectivity index (χ4n) is 3.83. The zero-order chi connectivity index (χ0) is 18.8. The molecule has 2 aromatic heterocycles. The zero-order valence-corrected chi connectivity index (χ0v) is 16.4. The summed E-state index contributed by atoms with van der Waals surface area (Å²) in [6, 6.07) is 8.36. The molecule has 140 valence electrons. The molecule has 27 heavy (non-hydrogen) atoms. The zero-order valence-electron chi connectivity index (χ0n) is 16.4. The Bertz CT molecular complexity index is 943. The summed E-state index contributed by atoms with van der Waals surface area (Å²) in [4.78, 5) is 2.52. The van der Waals surface area contributed by atoms with E-state index in [1.165, 1.54) is 28.0 Å². The first-order chi connectivity index (χ1) is 13.1. The number of aromatic amines is 1. The molecule has 3 aromatic rings. The van der Waals surface area contributed by atoms with Crippen LogP contribution in [0.2, 0.25) is 0 Å². The second-order valence-electron chi connectivity index (χ2n) is 7.40. The quantitative estimate of drug-likeness (QED) is 0.751. The topological polar surface area (TPSA) is 49.7 Å². The molecule has 0 radical (unpaired) electrons. The molecule has 5 nitrogen and oxygen atoms in total. The van der Waals surface area contributed by atoms with Crippen LogP contribution < -0.4 is 0 Å². The van der Waals surface area contributed by atoms with E-state index in [0.717, 1.165) is 43.9 Å². The molecule has 4 rings (SSSR count). The van der Waals surface area contributed by atoms with Gasteiger partial charge in [0.2, 0.25) is 0 Å². The van der Waals surface area contributed by atoms with Crippen LogP contribution in [0.25, 0.3) is 11.3 Å². The van der Waals surface area contributed by atoms with Crippen LogP contribution >= 0.6 is 0 Å². The first-order valence-electron chi connectivity index (χ1n) is 9.64. The van der Waals surface area contributed by atoms with E-state index < -0.39 is 0 Å². The maximum Gasteiger partial charge on any atom is 0.0674 e. The summed E-state index contributed by atoms with van der Waals surface area (Å²) >= 11 is 0. The third-order valence-electron chi connectivity index (χ3n) is 5.57. The van der Waals surface area contributed by atoms with Crippen LogP contribution in [0.4, 0.5) is 0 Å². The number of nitrogens with one attached hydrogen (secondary N) is 1. The number of aryl methyl sites for hydroxylation is 3. The minimum Gasteiger partial charge on any atom is -0.299 e. The van der Waals surface area contributed by atoms with Crippen LogP contribution in [0.15, 0.2) is 42.7 Å². The Hall–Kier alpha value is -2.66. The summed E-state index contributed by atoms with van der Waals surface area (Å²) < 4.78 is 1.99. The molecule has 1 aromatic carbocycles. The predicted molar refractivity (Wildman–Crippen MR) is 109 cm³/mol. The molecule has 0 fully saturated rings. The third-order valence-corrected chi connectivity index (χ3v) is 5.57. The van der Waals surface area contributed by atoms with E-state index in [1.807, 2.05) is 10.9 Å². The average molecular weight is 361 g/mol. The lowest BCUT2D eigenvalue weighted by Crippen LogP contribution is -2.30. The molecule has 0 unspecified atom stereocenters. The van der Waals surface area contributed by atoms with Crippen molar-refractivity contribution in [2.75, 3.05) is 19.6 Å². The predicted octanol–water partition coefficient (Wildman–Crippen LogP) is 3.85. The second kappa shape index (κ2) is 7.53. The summed E-state index contributed by atoms with van der Waals surface area (Å²) in [5.41, 5.74) is 8.72. The molecule has 0 bridgehead atoms. The first kappa shape index (κ1) is 17.7. The molecular weight excluding hydrogens is 334 g/mol. The molecule has 0 spiro atoms. The number of nitrogens with zero attached hydrogens (tertiary/aromatic N) is 4. The van der Waals surface area contributed by atoms with Gasteiger partial charge in [0.05, 0.1) is 17.6 Å². The lowest BCUT2D eigenvalue weighted by Gasteiger charge is -2.26. The summed E-state index contributed by atoms with van der Waals surface area (Å²) in [5, 5.41) is 12.0. The van der Waals surface area contributed by atoms with Crippen molar-refractivity contribution >= 4 is 5.57 Å². The van der Waals surface area contributed by atoms with Crippen molar-refractivity contribution in [3.63, 3.8) is 0 Å². The van der Waals surface area contributed by atoms with E-state index in [9.17, 15) is 0 Å². The fraction of sp³-hybridized carbons (Fsp3) is 0.364. The molecule has 3 heterocycles. The average Bonchev–Trinajstić information content (AvgIpc) is 3.28. The van der Waals surface area contributed by atoms with E-state index in [4.69, 9.17) is 0 Å². The van der Waals surface area contributed by atoms with Crippen molar-refractivity contribution < 1.29 is 0 Å². The highest BCUT2D eigenvalue weighted by molar-refractivity contribution is 5.66. The Morgan fingerprint density at radius 2 is 2.00 bits per heavy atom. The molecule has 1 aliphatic rings. The highest BCUT2D eigenvalue weighted by Crippen LogP contribution is 2.24. The number of hydrogen-bond donors (Lipinski definition) is 1. The maximum absolute atomic E-state index is 4.58. The van der Waals surface area contributed by atoms with Gasteiger partial charge in [-0.25, -0.2) is 4.68 Å². The van der Waals surface area contributed by atoms with Crippen LogP contribution in [0.1, 0.15) is 34.5 Å². The van der Waals surface area contributed by atoms with E-state index >= 15 is 0 Å². The van der Waals surface area contributed by atoms with Crippen molar-refractivity contribution in [3.8, 4) is 5.69 Å². The van der Waals surface area contributed by atoms with Gasteiger partial charge >= 0.3 is 0 Å². The van der Waals surface area contributed by atoms with Crippen molar-refractivity contribution in [2.45, 2.75) is 33.6 Å². The Kier molecular flexibility index (Phi) is 4.94. The summed E-state index contributed by atoms with van der Waals surface area (Å²) in [5.74, 6) is 0. The standard InChI is InChI=1S/C22H27N5/c1-16-6-4-5-7-22(16)27-15-20(14-23-27)19-8-11-26(12-9-19)13-10-21-17(2)24-25-18(21)3/h4-8,14-15H,9-13H2,1-3H3,(H,24,25). The summed E-state index contributed by atoms with van der Waals surface area (Å²) in [6.45, 7) is 9.48. The SMILES string of the molecule is Cc1ccccc1-n1cc(C2=CCN(CCc3c(C)n[nH]c3C)CC2)cn1. The van der Waals surface area contributed by atoms with Gasteiger partial charge in [-0.15, -0.1) is 0 Å². The Balaban J connectivity index is 1.40. The lowest BCUT2D eigenvalue weighted by molar-refractivity contribution is 0.305. The molecule has 0 aliphatic carbocycles. The van der Waals surface area contributed by atoms with Crippen molar-refractivity contribution in [1.29, 1.82) is 0 Å². The van der Waals surface area contributed by atoms with Crippen molar-refractivity contribution in [3.05, 3.63) is 70.8 Å². The molecule has 5 heteroatoms. The largest absolute Gasteiger partial charge is 0.299 e. The van der Waals surface area contributed by atoms with E-state index in [2.05, 4.69) is 77.5 Å². The van der Waals surface area contributed by atoms with Gasteiger partial charge in [-0.3, -0.25) is 10.00 Å². The number of H-pyrrole nitrogens is 1. The third kappa shape index (κ3) is 3.74. The minimum atomic E-state index is 1.00. The van der Waals surface area contributed by atoms with Crippen LogP contribution in [0.3, 0.4) is 0 Å². The van der Waals surface area contributed by atoms with Gasteiger partial charge in [-0.05, 0) is 56.4 Å². The Morgan fingerprint density at radius 1 is 1.15 bits per heavy atom. The Labute approximate surface area is 160 Å². The van der Waals surface area contributed by atoms with Gasteiger partial charge in [-0.1, -0.05) is 24.3 Å². The number of aromatic nitrogens is 4. The van der Waals surface area contributed by atoms with E-state index in [0.29, 0.717) is 0 Å². The molecule has 0 atom stereocenters. The highest BCUT2D eigenvalue weighted by atomic mass is 15.3. The Morgan fingerprint density at radius 3 is 2.70 bits per heavy atom. The van der Waals surface area contributed by atoms with Crippen LogP contribution in [0, 0.1) is 20.8 Å². The van der Waals surface area contributed by atoms with Gasteiger partial charge in [-0.2, -0.15) is 10.2 Å². The summed E-state index contributed by atoms with van der Waals surface area (Å²) in [7, 11) is 0. The molecule has 1 N–H and O–H groups in total. The van der Waals surface area contributed by atoms with Crippen molar-refractivity contribution in [2.24, 2.45) is 0 Å². The highest BCUT2D eigenvalue weighted by Gasteiger charge is 2.16. The van der Waals surface area contributed by atoms with Gasteiger partial charge < -0.3 is 0 Å². The first-order valence-corrected chi connectivity index (χ1v) is 9.64. The number of para-hydroxylation sites is 1. The smallest absolute Gasteiger partial charge is 0.0674 e. The maximum atomic E-state index is 4.58. The molecule has 0 amide bonds. The van der Waals surface area contributed by atoms with E-state index in [-0.39, 0.29) is 0 Å². The summed E-state index contributed by atoms with van der Waals surface area (Å²) in [6.07, 6.45) is 8.64. The molecule has 0 saturated heterocycles. The van der Waals surface area contributed by atoms with Gasteiger partial charge in [0, 0.05) is 37.1 Å². The second-order valence-corrected chi connectivity index (χ2v) is 7.40. The molecule has 1 aliphatic heterocycles. The number of hydrogen-bond acceptors (Lipinski definition) is 3. The van der Waals surface area contributed by atoms with Gasteiger partial charge in [0.25, 0.3) is 0 Å². The fourth-order valence-corrected chi connectivity index (χ4v) is 3.83. The molecular formula is C22H27N5. The normalized spacial score (nSPS) is 15.1. The molecule has 0 saturated carbocycles. The number of rotatable bonds is 5. The van der Waals surface area contributed by atoms with Crippen molar-refractivity contribution in [1.82, 2.24) is 24.9 Å². The minimum absolute atomic E-state index is 1.00. The van der Waals surface area contributed by atoms with Crippen LogP contribution in [-0.2, 0) is 6.42 Å². The van der Waals surface area contributed by atoms with Crippen LogP contribution in [-0.4, -0.2) is 44.5 Å².